The molecular weight excluding hydrogens is 239 g/mol. The summed E-state index contributed by atoms with van der Waals surface area (Å²) in [5.74, 6) is 0. The molecule has 0 aliphatic heterocycles. The second kappa shape index (κ2) is 4.94. The molecule has 0 heterocycles. The summed E-state index contributed by atoms with van der Waals surface area (Å²) in [6, 6.07) is 6.40. The van der Waals surface area contributed by atoms with Gasteiger partial charge in [-0.15, -0.1) is 0 Å². The predicted molar refractivity (Wildman–Crippen MR) is 47.5 cm³/mol. The Morgan fingerprint density at radius 2 is 1.69 bits per heavy atom. The molecule has 0 spiro atoms. The molecule has 0 saturated heterocycles. The molecule has 0 fully saturated rings. The zero-order valence-electron chi connectivity index (χ0n) is 7.07. The molecule has 0 saturated carbocycles. The van der Waals surface area contributed by atoms with Gasteiger partial charge in [0.15, 0.2) is 0 Å². The van der Waals surface area contributed by atoms with Crippen LogP contribution in [0.4, 0.5) is 0 Å². The Balaban J connectivity index is 0.00000144. The standard InChI is InChI=1S/C8H11O3P.Cu/c1-2-7-3-5-8(6-4-7)12(9,10)11;/h3-6H,2H2,1H3,(H2,9,10,11);. The van der Waals surface area contributed by atoms with E-state index in [1.165, 1.54) is 12.1 Å². The zero-order valence-corrected chi connectivity index (χ0v) is 8.90. The van der Waals surface area contributed by atoms with E-state index in [-0.39, 0.29) is 22.4 Å². The molecule has 0 bridgehead atoms. The van der Waals surface area contributed by atoms with Crippen LogP contribution in [0.25, 0.3) is 0 Å². The molecule has 77 valence electrons. The summed E-state index contributed by atoms with van der Waals surface area (Å²) < 4.78 is 10.7. The Hall–Kier alpha value is -0.111. The van der Waals surface area contributed by atoms with Crippen LogP contribution in [-0.2, 0) is 28.1 Å². The van der Waals surface area contributed by atoms with E-state index in [1.807, 2.05) is 6.92 Å². The predicted octanol–water partition coefficient (Wildman–Crippen LogP) is 1.05. The van der Waals surface area contributed by atoms with Gasteiger partial charge in [0.1, 0.15) is 0 Å². The monoisotopic (exact) mass is 249 g/mol. The van der Waals surface area contributed by atoms with Crippen molar-refractivity contribution in [1.29, 1.82) is 0 Å². The largest absolute Gasteiger partial charge is 0.356 e. The van der Waals surface area contributed by atoms with Crippen LogP contribution in [0.3, 0.4) is 0 Å². The van der Waals surface area contributed by atoms with Crippen LogP contribution in [0.1, 0.15) is 12.5 Å². The first-order valence-corrected chi connectivity index (χ1v) is 5.30. The summed E-state index contributed by atoms with van der Waals surface area (Å²) in [6.45, 7) is 1.99. The fraction of sp³-hybridized carbons (Fsp3) is 0.250. The number of rotatable bonds is 2. The maximum Gasteiger partial charge on any atom is 0.356 e. The van der Waals surface area contributed by atoms with Crippen molar-refractivity contribution in [3.8, 4) is 0 Å². The van der Waals surface area contributed by atoms with Gasteiger partial charge in [-0.05, 0) is 24.1 Å². The molecular formula is C8H11CuO3P. The van der Waals surface area contributed by atoms with E-state index in [4.69, 9.17) is 9.79 Å². The molecule has 1 aromatic carbocycles. The summed E-state index contributed by atoms with van der Waals surface area (Å²) in [4.78, 5) is 17.5. The van der Waals surface area contributed by atoms with E-state index in [0.29, 0.717) is 0 Å². The van der Waals surface area contributed by atoms with Gasteiger partial charge in [0.25, 0.3) is 0 Å². The molecule has 0 aromatic heterocycles. The molecule has 1 radical (unpaired) electrons. The second-order valence-electron chi connectivity index (χ2n) is 2.56. The molecule has 0 atom stereocenters. The first-order valence-electron chi connectivity index (χ1n) is 3.69. The molecule has 3 nitrogen and oxygen atoms in total. The number of hydrogen-bond acceptors (Lipinski definition) is 1. The maximum absolute atomic E-state index is 10.7. The summed E-state index contributed by atoms with van der Waals surface area (Å²) in [5, 5.41) is 0.0831. The van der Waals surface area contributed by atoms with Crippen molar-refractivity contribution in [1.82, 2.24) is 0 Å². The molecule has 13 heavy (non-hydrogen) atoms. The molecule has 0 unspecified atom stereocenters. The Morgan fingerprint density at radius 1 is 1.23 bits per heavy atom. The van der Waals surface area contributed by atoms with Gasteiger partial charge in [-0.2, -0.15) is 0 Å². The van der Waals surface area contributed by atoms with Gasteiger partial charge in [0, 0.05) is 17.1 Å². The Bertz CT molecular complexity index is 304. The van der Waals surface area contributed by atoms with Crippen molar-refractivity contribution in [3.05, 3.63) is 29.8 Å². The number of aryl methyl sites for hydroxylation is 1. The Labute approximate surface area is 87.8 Å². The van der Waals surface area contributed by atoms with Crippen LogP contribution >= 0.6 is 7.60 Å². The summed E-state index contributed by atoms with van der Waals surface area (Å²) in [7, 11) is -4.05. The summed E-state index contributed by atoms with van der Waals surface area (Å²) in [6.07, 6.45) is 0.876. The van der Waals surface area contributed by atoms with Crippen LogP contribution in [0.5, 0.6) is 0 Å². The molecule has 0 aliphatic carbocycles. The number of benzene rings is 1. The van der Waals surface area contributed by atoms with E-state index < -0.39 is 7.60 Å². The van der Waals surface area contributed by atoms with Crippen LogP contribution in [0, 0.1) is 0 Å². The molecule has 5 heteroatoms. The van der Waals surface area contributed by atoms with Crippen LogP contribution in [-0.4, -0.2) is 9.79 Å². The molecule has 2 N–H and O–H groups in total. The van der Waals surface area contributed by atoms with Gasteiger partial charge in [0.05, 0.1) is 5.30 Å². The minimum atomic E-state index is -4.05. The van der Waals surface area contributed by atoms with Crippen molar-refractivity contribution >= 4 is 12.9 Å². The molecule has 1 aromatic rings. The van der Waals surface area contributed by atoms with Crippen molar-refractivity contribution in [2.75, 3.05) is 0 Å². The van der Waals surface area contributed by atoms with E-state index in [1.54, 1.807) is 12.1 Å². The second-order valence-corrected chi connectivity index (χ2v) is 4.17. The fourth-order valence-corrected chi connectivity index (χ4v) is 1.46. The first-order chi connectivity index (χ1) is 5.54. The maximum atomic E-state index is 10.7. The van der Waals surface area contributed by atoms with Crippen molar-refractivity contribution in [2.24, 2.45) is 0 Å². The van der Waals surface area contributed by atoms with Crippen LogP contribution in [0.2, 0.25) is 0 Å². The smallest absolute Gasteiger partial charge is 0.321 e. The van der Waals surface area contributed by atoms with Crippen molar-refractivity contribution < 1.29 is 31.4 Å². The quantitative estimate of drug-likeness (QED) is 0.609. The van der Waals surface area contributed by atoms with Gasteiger partial charge in [-0.25, -0.2) is 0 Å². The minimum absolute atomic E-state index is 0. The summed E-state index contributed by atoms with van der Waals surface area (Å²) >= 11 is 0. The fourth-order valence-electron chi connectivity index (χ4n) is 0.926. The van der Waals surface area contributed by atoms with Crippen molar-refractivity contribution in [2.45, 2.75) is 13.3 Å². The van der Waals surface area contributed by atoms with Gasteiger partial charge in [-0.1, -0.05) is 19.1 Å². The van der Waals surface area contributed by atoms with E-state index in [9.17, 15) is 4.57 Å². The van der Waals surface area contributed by atoms with Crippen molar-refractivity contribution in [3.63, 3.8) is 0 Å². The van der Waals surface area contributed by atoms with Crippen LogP contribution in [0.15, 0.2) is 24.3 Å². The summed E-state index contributed by atoms with van der Waals surface area (Å²) in [5.41, 5.74) is 1.08. The topological polar surface area (TPSA) is 57.5 Å². The third-order valence-electron chi connectivity index (χ3n) is 1.68. The van der Waals surface area contributed by atoms with Gasteiger partial charge >= 0.3 is 7.60 Å². The molecule has 0 amide bonds. The Kier molecular flexibility index (Phi) is 4.90. The third-order valence-corrected chi connectivity index (χ3v) is 2.65. The normalized spacial score (nSPS) is 10.7. The van der Waals surface area contributed by atoms with Gasteiger partial charge in [0.2, 0.25) is 0 Å². The average Bonchev–Trinajstić information content (AvgIpc) is 2.03. The third kappa shape index (κ3) is 3.63. The van der Waals surface area contributed by atoms with E-state index >= 15 is 0 Å². The Morgan fingerprint density at radius 3 is 2.00 bits per heavy atom. The average molecular weight is 250 g/mol. The SMILES string of the molecule is CCc1ccc(P(=O)(O)O)cc1.[Cu]. The van der Waals surface area contributed by atoms with E-state index in [2.05, 4.69) is 0 Å². The first kappa shape index (κ1) is 12.9. The van der Waals surface area contributed by atoms with Gasteiger partial charge < -0.3 is 9.79 Å². The minimum Gasteiger partial charge on any atom is -0.321 e. The zero-order chi connectivity index (χ0) is 9.19. The van der Waals surface area contributed by atoms with E-state index in [0.717, 1.165) is 12.0 Å². The molecule has 1 rings (SSSR count). The molecule has 0 aliphatic rings. The number of hydrogen-bond donors (Lipinski definition) is 2. The van der Waals surface area contributed by atoms with Crippen LogP contribution < -0.4 is 5.30 Å². The van der Waals surface area contributed by atoms with Gasteiger partial charge in [-0.3, -0.25) is 4.57 Å².